The molecule has 1 unspecified atom stereocenters. The van der Waals surface area contributed by atoms with Crippen molar-refractivity contribution >= 4 is 56.4 Å². The second kappa shape index (κ2) is 11.5. The van der Waals surface area contributed by atoms with Crippen molar-refractivity contribution < 1.29 is 14.5 Å². The number of nitrogens with one attached hydrogen (secondary N) is 2. The fraction of sp³-hybridized carbons (Fsp3) is 0.148. The van der Waals surface area contributed by atoms with Crippen LogP contribution in [-0.2, 0) is 0 Å². The fourth-order valence-corrected chi connectivity index (χ4v) is 4.87. The van der Waals surface area contributed by atoms with Gasteiger partial charge in [-0.05, 0) is 37.6 Å². The predicted molar refractivity (Wildman–Crippen MR) is 154 cm³/mol. The number of amides is 1. The van der Waals surface area contributed by atoms with Crippen LogP contribution in [0.5, 0.6) is 5.75 Å². The molecular weight excluding hydrogens is 570 g/mol. The average molecular weight is 594 g/mol. The second-order valence-electron chi connectivity index (χ2n) is 8.59. The van der Waals surface area contributed by atoms with E-state index in [1.807, 2.05) is 55.5 Å². The van der Waals surface area contributed by atoms with Crippen LogP contribution < -0.4 is 15.5 Å². The maximum atomic E-state index is 12.8. The minimum atomic E-state index is -0.507. The number of nitro benzene ring substituents is 1. The van der Waals surface area contributed by atoms with E-state index >= 15 is 0 Å². The van der Waals surface area contributed by atoms with E-state index in [-0.39, 0.29) is 28.8 Å². The number of rotatable bonds is 6. The molecule has 0 saturated heterocycles. The lowest BCUT2D eigenvalue weighted by Crippen LogP contribution is -2.22. The Labute approximate surface area is 233 Å². The normalized spacial score (nSPS) is 15.1. The van der Waals surface area contributed by atoms with Gasteiger partial charge < -0.3 is 10.1 Å². The molecule has 0 fully saturated rings. The average Bonchev–Trinajstić information content (AvgIpc) is 3.28. The van der Waals surface area contributed by atoms with Crippen molar-refractivity contribution in [3.8, 4) is 5.75 Å². The molecule has 0 bridgehead atoms. The number of ether oxygens (including phenoxy) is 1. The highest BCUT2D eigenvalue weighted by Gasteiger charge is 2.27. The first-order valence-corrected chi connectivity index (χ1v) is 12.4. The highest BCUT2D eigenvalue weighted by atomic mass is 79.9. The molecule has 3 aromatic carbocycles. The lowest BCUT2D eigenvalue weighted by molar-refractivity contribution is -0.384. The van der Waals surface area contributed by atoms with Crippen molar-refractivity contribution in [1.29, 1.82) is 0 Å². The third kappa shape index (κ3) is 5.90. The van der Waals surface area contributed by atoms with Crippen LogP contribution in [0.25, 0.3) is 0 Å². The van der Waals surface area contributed by atoms with Crippen LogP contribution in [0.3, 0.4) is 0 Å². The number of hydrogen-bond donors (Lipinski definition) is 2. The van der Waals surface area contributed by atoms with Gasteiger partial charge in [0.15, 0.2) is 0 Å². The molecule has 9 nitrogen and oxygen atoms in total. The molecule has 1 amide bonds. The van der Waals surface area contributed by atoms with E-state index < -0.39 is 10.8 Å². The van der Waals surface area contributed by atoms with Crippen LogP contribution in [0.4, 0.5) is 16.5 Å². The monoisotopic (exact) mass is 593 g/mol. The van der Waals surface area contributed by atoms with Crippen molar-refractivity contribution in [2.24, 2.45) is 5.10 Å². The highest BCUT2D eigenvalue weighted by molar-refractivity contribution is 8.93. The fourth-order valence-electron chi connectivity index (χ4n) is 4.07. The molecule has 11 heteroatoms. The zero-order valence-electron chi connectivity index (χ0n) is 20.5. The molecule has 5 rings (SSSR count). The number of thiazole rings is 1. The molecule has 194 valence electrons. The Morgan fingerprint density at radius 3 is 2.66 bits per heavy atom. The number of fused-ring (bicyclic) bond motifs is 1. The van der Waals surface area contributed by atoms with E-state index in [2.05, 4.69) is 20.8 Å². The number of aryl methyl sites for hydroxylation is 2. The lowest BCUT2D eigenvalue weighted by Gasteiger charge is -2.27. The number of anilines is 2. The number of hydrogen-bond acceptors (Lipinski definition) is 8. The molecular formula is C27H24BrN5O4S. The summed E-state index contributed by atoms with van der Waals surface area (Å²) in [6.07, 6.45) is 0.393. The molecule has 0 aliphatic carbocycles. The Kier molecular flexibility index (Phi) is 8.18. The van der Waals surface area contributed by atoms with Gasteiger partial charge in [0.1, 0.15) is 16.7 Å². The number of non-ortho nitro benzene ring substituents is 1. The topological polar surface area (TPSA) is 119 Å². The molecule has 1 atom stereocenters. The molecule has 2 N–H and O–H groups in total. The number of benzene rings is 3. The van der Waals surface area contributed by atoms with E-state index in [1.165, 1.54) is 18.2 Å². The van der Waals surface area contributed by atoms with Crippen LogP contribution in [-0.4, -0.2) is 21.5 Å². The third-order valence-electron chi connectivity index (χ3n) is 5.87. The number of nitro groups is 1. The Morgan fingerprint density at radius 2 is 1.89 bits per heavy atom. The van der Waals surface area contributed by atoms with Gasteiger partial charge in [-0.3, -0.25) is 20.3 Å². The maximum absolute atomic E-state index is 12.8. The Hall–Kier alpha value is -4.09. The Bertz CT molecular complexity index is 1520. The summed E-state index contributed by atoms with van der Waals surface area (Å²) in [5.41, 5.74) is 7.69. The Morgan fingerprint density at radius 1 is 1.11 bits per heavy atom. The summed E-state index contributed by atoms with van der Waals surface area (Å²) in [5.74, 6) is 0.367. The van der Waals surface area contributed by atoms with Gasteiger partial charge in [0.05, 0.1) is 16.3 Å². The molecule has 4 aromatic rings. The van der Waals surface area contributed by atoms with Gasteiger partial charge in [-0.2, -0.15) is 5.10 Å². The van der Waals surface area contributed by atoms with Crippen molar-refractivity contribution in [3.63, 3.8) is 0 Å². The summed E-state index contributed by atoms with van der Waals surface area (Å²) in [7, 11) is 0. The van der Waals surface area contributed by atoms with Gasteiger partial charge in [-0.1, -0.05) is 59.4 Å². The SMILES string of the molecule is Br.Cc1ccc2c(c1)C(=NNc1nc(C)c(C(=O)Nc3cccc([N+](=O)[O-])c3)s1)CC(c1ccccc1)O2. The van der Waals surface area contributed by atoms with E-state index in [4.69, 9.17) is 4.74 Å². The molecule has 1 aromatic heterocycles. The summed E-state index contributed by atoms with van der Waals surface area (Å²) in [5, 5.41) is 18.9. The molecule has 2 heterocycles. The van der Waals surface area contributed by atoms with Crippen LogP contribution >= 0.6 is 28.3 Å². The lowest BCUT2D eigenvalue weighted by atomic mass is 9.94. The predicted octanol–water partition coefficient (Wildman–Crippen LogP) is 6.84. The summed E-state index contributed by atoms with van der Waals surface area (Å²) >= 11 is 1.16. The minimum Gasteiger partial charge on any atom is -0.485 e. The van der Waals surface area contributed by atoms with Crippen molar-refractivity contribution in [3.05, 3.63) is 110 Å². The first-order chi connectivity index (χ1) is 17.9. The molecule has 38 heavy (non-hydrogen) atoms. The van der Waals surface area contributed by atoms with E-state index in [1.54, 1.807) is 13.0 Å². The van der Waals surface area contributed by atoms with E-state index in [0.29, 0.717) is 27.8 Å². The van der Waals surface area contributed by atoms with Crippen LogP contribution in [0.1, 0.15) is 44.6 Å². The maximum Gasteiger partial charge on any atom is 0.271 e. The first-order valence-electron chi connectivity index (χ1n) is 11.6. The number of aromatic nitrogens is 1. The number of carbonyl (C=O) groups is 1. The van der Waals surface area contributed by atoms with Crippen LogP contribution in [0.2, 0.25) is 0 Å². The van der Waals surface area contributed by atoms with Crippen molar-refractivity contribution in [2.45, 2.75) is 26.4 Å². The molecule has 1 aliphatic rings. The van der Waals surface area contributed by atoms with E-state index in [0.717, 1.165) is 39.5 Å². The molecule has 0 saturated carbocycles. The smallest absolute Gasteiger partial charge is 0.271 e. The Balaban J connectivity index is 0.00000336. The third-order valence-corrected chi connectivity index (χ3v) is 6.93. The number of halogens is 1. The molecule has 1 aliphatic heterocycles. The summed E-state index contributed by atoms with van der Waals surface area (Å²) in [4.78, 5) is 28.2. The van der Waals surface area contributed by atoms with Gasteiger partial charge in [0.25, 0.3) is 11.6 Å². The van der Waals surface area contributed by atoms with Crippen LogP contribution in [0.15, 0.2) is 77.9 Å². The van der Waals surface area contributed by atoms with Crippen molar-refractivity contribution in [2.75, 3.05) is 10.7 Å². The highest BCUT2D eigenvalue weighted by Crippen LogP contribution is 2.36. The van der Waals surface area contributed by atoms with E-state index in [9.17, 15) is 14.9 Å². The zero-order chi connectivity index (χ0) is 25.9. The van der Waals surface area contributed by atoms with Gasteiger partial charge in [-0.15, -0.1) is 17.0 Å². The summed E-state index contributed by atoms with van der Waals surface area (Å²) < 4.78 is 6.27. The minimum absolute atomic E-state index is 0. The summed E-state index contributed by atoms with van der Waals surface area (Å²) in [6, 6.07) is 21.8. The van der Waals surface area contributed by atoms with Crippen molar-refractivity contribution in [1.82, 2.24) is 4.98 Å². The number of nitrogens with zero attached hydrogens (tertiary/aromatic N) is 3. The van der Waals surface area contributed by atoms with Crippen LogP contribution in [0, 0.1) is 24.0 Å². The zero-order valence-corrected chi connectivity index (χ0v) is 23.0. The standard InChI is InChI=1S/C27H23N5O4S.BrH/c1-16-11-12-23-21(13-16)22(15-24(36-23)18-7-4-3-5-8-18)30-31-27-28-17(2)25(37-27)26(33)29-19-9-6-10-20(14-19)32(34)35;/h3-14,24H,15H2,1-2H3,(H,28,31)(H,29,33);1H. The summed E-state index contributed by atoms with van der Waals surface area (Å²) in [6.45, 7) is 3.75. The first kappa shape index (κ1) is 27.0. The quantitative estimate of drug-likeness (QED) is 0.186. The van der Waals surface area contributed by atoms with Gasteiger partial charge in [-0.25, -0.2) is 4.98 Å². The van der Waals surface area contributed by atoms with Gasteiger partial charge in [0.2, 0.25) is 5.13 Å². The van der Waals surface area contributed by atoms with Gasteiger partial charge in [0, 0.05) is 29.8 Å². The molecule has 0 radical (unpaired) electrons. The number of carbonyl (C=O) groups excluding carboxylic acids is 1. The largest absolute Gasteiger partial charge is 0.485 e. The number of hydrazone groups is 1. The van der Waals surface area contributed by atoms with Gasteiger partial charge >= 0.3 is 0 Å². The second-order valence-corrected chi connectivity index (χ2v) is 9.59. The molecule has 0 spiro atoms.